The highest BCUT2D eigenvalue weighted by atomic mass is 16.5. The molecule has 1 aromatic rings. The van der Waals surface area contributed by atoms with Crippen LogP contribution >= 0.6 is 0 Å². The standard InChI is InChI=1S/C13H17N3O/c14-8-11-2-1-3-12(13(11)15)16-6-7-17-9-10-4-5-10/h1-3,10,16H,4-7,9,15H2. The second-order valence-electron chi connectivity index (χ2n) is 4.32. The molecule has 0 spiro atoms. The van der Waals surface area contributed by atoms with Crippen molar-refractivity contribution in [3.8, 4) is 6.07 Å². The van der Waals surface area contributed by atoms with Gasteiger partial charge in [-0.3, -0.25) is 0 Å². The molecule has 0 radical (unpaired) electrons. The summed E-state index contributed by atoms with van der Waals surface area (Å²) in [6.45, 7) is 2.26. The molecule has 1 saturated carbocycles. The first-order valence-corrected chi connectivity index (χ1v) is 5.91. The quantitative estimate of drug-likeness (QED) is 0.580. The van der Waals surface area contributed by atoms with Gasteiger partial charge in [-0.2, -0.15) is 5.26 Å². The van der Waals surface area contributed by atoms with E-state index in [1.807, 2.05) is 12.1 Å². The SMILES string of the molecule is N#Cc1cccc(NCCOCC2CC2)c1N. The summed E-state index contributed by atoms with van der Waals surface area (Å²) in [6, 6.07) is 7.47. The molecule has 0 atom stereocenters. The van der Waals surface area contributed by atoms with E-state index in [1.54, 1.807) is 6.07 Å². The van der Waals surface area contributed by atoms with Gasteiger partial charge in [-0.15, -0.1) is 0 Å². The minimum absolute atomic E-state index is 0.508. The lowest BCUT2D eigenvalue weighted by molar-refractivity contribution is 0.134. The zero-order chi connectivity index (χ0) is 12.1. The molecular weight excluding hydrogens is 214 g/mol. The van der Waals surface area contributed by atoms with Crippen molar-refractivity contribution in [1.29, 1.82) is 5.26 Å². The third-order valence-electron chi connectivity index (χ3n) is 2.84. The molecule has 3 N–H and O–H groups in total. The average molecular weight is 231 g/mol. The number of para-hydroxylation sites is 1. The molecule has 0 heterocycles. The third-order valence-corrected chi connectivity index (χ3v) is 2.84. The van der Waals surface area contributed by atoms with E-state index in [2.05, 4.69) is 11.4 Å². The van der Waals surface area contributed by atoms with Gasteiger partial charge < -0.3 is 15.8 Å². The molecule has 1 aliphatic rings. The summed E-state index contributed by atoms with van der Waals surface area (Å²) in [4.78, 5) is 0. The van der Waals surface area contributed by atoms with Gasteiger partial charge >= 0.3 is 0 Å². The Bertz CT molecular complexity index is 421. The fraction of sp³-hybridized carbons (Fsp3) is 0.462. The van der Waals surface area contributed by atoms with Gasteiger partial charge in [0, 0.05) is 13.2 Å². The first-order valence-electron chi connectivity index (χ1n) is 5.91. The molecule has 4 heteroatoms. The molecule has 1 aromatic carbocycles. The number of ether oxygens (including phenoxy) is 1. The van der Waals surface area contributed by atoms with Gasteiger partial charge in [0.1, 0.15) is 6.07 Å². The Labute approximate surface area is 101 Å². The zero-order valence-corrected chi connectivity index (χ0v) is 9.78. The largest absolute Gasteiger partial charge is 0.396 e. The minimum Gasteiger partial charge on any atom is -0.396 e. The van der Waals surface area contributed by atoms with Gasteiger partial charge in [-0.25, -0.2) is 0 Å². The summed E-state index contributed by atoms with van der Waals surface area (Å²) in [5.41, 5.74) is 7.67. The smallest absolute Gasteiger partial charge is 0.101 e. The highest BCUT2D eigenvalue weighted by Crippen LogP contribution is 2.28. The fourth-order valence-electron chi connectivity index (χ4n) is 1.61. The third kappa shape index (κ3) is 3.36. The van der Waals surface area contributed by atoms with Crippen molar-refractivity contribution in [1.82, 2.24) is 0 Å². The maximum Gasteiger partial charge on any atom is 0.101 e. The summed E-state index contributed by atoms with van der Waals surface area (Å²) in [5.74, 6) is 0.794. The summed E-state index contributed by atoms with van der Waals surface area (Å²) in [7, 11) is 0. The second-order valence-corrected chi connectivity index (χ2v) is 4.32. The first kappa shape index (κ1) is 11.7. The van der Waals surface area contributed by atoms with Crippen molar-refractivity contribution in [2.24, 2.45) is 5.92 Å². The highest BCUT2D eigenvalue weighted by Gasteiger charge is 2.20. The first-order chi connectivity index (χ1) is 8.31. The van der Waals surface area contributed by atoms with Gasteiger partial charge in [0.2, 0.25) is 0 Å². The van der Waals surface area contributed by atoms with Crippen molar-refractivity contribution >= 4 is 11.4 Å². The van der Waals surface area contributed by atoms with Crippen LogP contribution in [0.1, 0.15) is 18.4 Å². The highest BCUT2D eigenvalue weighted by molar-refractivity contribution is 5.72. The number of hydrogen-bond acceptors (Lipinski definition) is 4. The molecule has 0 aromatic heterocycles. The number of nitriles is 1. The monoisotopic (exact) mass is 231 g/mol. The zero-order valence-electron chi connectivity index (χ0n) is 9.78. The Kier molecular flexibility index (Phi) is 3.84. The van der Waals surface area contributed by atoms with E-state index in [0.717, 1.165) is 18.2 Å². The van der Waals surface area contributed by atoms with Gasteiger partial charge in [0.05, 0.1) is 23.5 Å². The summed E-state index contributed by atoms with van der Waals surface area (Å²) in [6.07, 6.45) is 2.62. The number of hydrogen-bond donors (Lipinski definition) is 2. The number of benzene rings is 1. The van der Waals surface area contributed by atoms with Crippen LogP contribution in [0.2, 0.25) is 0 Å². The minimum atomic E-state index is 0.508. The van der Waals surface area contributed by atoms with Gasteiger partial charge in [-0.05, 0) is 30.9 Å². The van der Waals surface area contributed by atoms with Crippen LogP contribution in [-0.4, -0.2) is 19.8 Å². The molecule has 0 unspecified atom stereocenters. The number of rotatable bonds is 6. The topological polar surface area (TPSA) is 71.1 Å². The van der Waals surface area contributed by atoms with E-state index < -0.39 is 0 Å². The number of anilines is 2. The van der Waals surface area contributed by atoms with Crippen LogP contribution in [0.3, 0.4) is 0 Å². The van der Waals surface area contributed by atoms with Crippen LogP contribution in [0, 0.1) is 17.2 Å². The van der Waals surface area contributed by atoms with Gasteiger partial charge in [0.25, 0.3) is 0 Å². The molecule has 1 fully saturated rings. The van der Waals surface area contributed by atoms with Crippen molar-refractivity contribution in [2.45, 2.75) is 12.8 Å². The van der Waals surface area contributed by atoms with Crippen LogP contribution in [0.4, 0.5) is 11.4 Å². The Morgan fingerprint density at radius 3 is 3.00 bits per heavy atom. The summed E-state index contributed by atoms with van der Waals surface area (Å²) >= 11 is 0. The second kappa shape index (κ2) is 5.55. The van der Waals surface area contributed by atoms with Crippen molar-refractivity contribution in [2.75, 3.05) is 30.8 Å². The molecule has 0 amide bonds. The number of nitrogens with two attached hydrogens (primary N) is 1. The molecule has 0 bridgehead atoms. The van der Waals surface area contributed by atoms with Crippen LogP contribution in [0.5, 0.6) is 0 Å². The molecule has 90 valence electrons. The van der Waals surface area contributed by atoms with Crippen LogP contribution in [0.25, 0.3) is 0 Å². The van der Waals surface area contributed by atoms with E-state index >= 15 is 0 Å². The van der Waals surface area contributed by atoms with E-state index in [1.165, 1.54) is 12.8 Å². The predicted octanol–water partition coefficient (Wildman–Crippen LogP) is 1.98. The lowest BCUT2D eigenvalue weighted by atomic mass is 10.1. The molecule has 4 nitrogen and oxygen atoms in total. The van der Waals surface area contributed by atoms with Crippen LogP contribution in [-0.2, 0) is 4.74 Å². The van der Waals surface area contributed by atoms with E-state index in [9.17, 15) is 0 Å². The lowest BCUT2D eigenvalue weighted by Crippen LogP contribution is -2.12. The Balaban J connectivity index is 1.75. The Hall–Kier alpha value is -1.73. The van der Waals surface area contributed by atoms with E-state index in [4.69, 9.17) is 15.7 Å². The van der Waals surface area contributed by atoms with Crippen LogP contribution < -0.4 is 11.1 Å². The molecule has 0 aliphatic heterocycles. The Morgan fingerprint density at radius 2 is 2.29 bits per heavy atom. The summed E-state index contributed by atoms with van der Waals surface area (Å²) < 4.78 is 5.51. The maximum absolute atomic E-state index is 8.84. The number of nitrogens with zero attached hydrogens (tertiary/aromatic N) is 1. The number of nitrogen functional groups attached to an aromatic ring is 1. The van der Waals surface area contributed by atoms with Crippen molar-refractivity contribution in [3.05, 3.63) is 23.8 Å². The molecule has 2 rings (SSSR count). The number of nitrogens with one attached hydrogen (secondary N) is 1. The average Bonchev–Trinajstić information content (AvgIpc) is 3.15. The van der Waals surface area contributed by atoms with Gasteiger partial charge in [-0.1, -0.05) is 6.07 Å². The summed E-state index contributed by atoms with van der Waals surface area (Å²) in [5, 5.41) is 12.0. The molecule has 1 aliphatic carbocycles. The van der Waals surface area contributed by atoms with E-state index in [0.29, 0.717) is 24.4 Å². The normalized spacial score (nSPS) is 14.3. The van der Waals surface area contributed by atoms with Gasteiger partial charge in [0.15, 0.2) is 0 Å². The lowest BCUT2D eigenvalue weighted by Gasteiger charge is -2.10. The van der Waals surface area contributed by atoms with E-state index in [-0.39, 0.29) is 0 Å². The van der Waals surface area contributed by atoms with Crippen LogP contribution in [0.15, 0.2) is 18.2 Å². The fourth-order valence-corrected chi connectivity index (χ4v) is 1.61. The van der Waals surface area contributed by atoms with Crippen molar-refractivity contribution in [3.63, 3.8) is 0 Å². The Morgan fingerprint density at radius 1 is 1.47 bits per heavy atom. The molecule has 17 heavy (non-hydrogen) atoms. The van der Waals surface area contributed by atoms with Crippen molar-refractivity contribution < 1.29 is 4.74 Å². The molecule has 0 saturated heterocycles. The maximum atomic E-state index is 8.84. The molecular formula is C13H17N3O. The predicted molar refractivity (Wildman–Crippen MR) is 67.6 cm³/mol.